The largest absolute Gasteiger partial charge is 0.326 e. The highest BCUT2D eigenvalue weighted by molar-refractivity contribution is 7.90. The molecule has 0 fully saturated rings. The Balaban J connectivity index is 1.96. The molecule has 0 bridgehead atoms. The van der Waals surface area contributed by atoms with Gasteiger partial charge >= 0.3 is 0 Å². The number of nitrogens with zero attached hydrogens (tertiary/aromatic N) is 2. The van der Waals surface area contributed by atoms with Crippen LogP contribution in [0.2, 0.25) is 0 Å². The van der Waals surface area contributed by atoms with Gasteiger partial charge in [0.25, 0.3) is 10.0 Å². The van der Waals surface area contributed by atoms with Crippen molar-refractivity contribution in [1.29, 1.82) is 0 Å². The van der Waals surface area contributed by atoms with E-state index in [4.69, 9.17) is 0 Å². The minimum Gasteiger partial charge on any atom is -0.326 e. The third-order valence-electron chi connectivity index (χ3n) is 5.05. The maximum Gasteiger partial charge on any atom is 0.283 e. The van der Waals surface area contributed by atoms with E-state index in [-0.39, 0.29) is 10.8 Å². The standard InChI is InChI=1S/C21H22N4O3S/c1-13-6-4-7-16(10-13)29(27,28)25-21(18-11-22-12-20(18)24-25)17-8-5-9-19(14(17)2)23-15(3)26/h4-10,22H,11-12H2,1-3H3,(H,23,26). The van der Waals surface area contributed by atoms with E-state index < -0.39 is 10.0 Å². The fourth-order valence-electron chi connectivity index (χ4n) is 3.64. The quantitative estimate of drug-likeness (QED) is 0.690. The molecule has 1 aromatic heterocycles. The molecule has 0 radical (unpaired) electrons. The Kier molecular flexibility index (Phi) is 4.76. The van der Waals surface area contributed by atoms with Crippen molar-refractivity contribution in [3.05, 3.63) is 64.8 Å². The summed E-state index contributed by atoms with van der Waals surface area (Å²) in [7, 11) is -3.88. The number of anilines is 1. The first-order chi connectivity index (χ1) is 13.8. The first-order valence-corrected chi connectivity index (χ1v) is 10.7. The predicted molar refractivity (Wildman–Crippen MR) is 111 cm³/mol. The molecule has 0 atom stereocenters. The van der Waals surface area contributed by atoms with E-state index in [1.165, 1.54) is 6.92 Å². The fraction of sp³-hybridized carbons (Fsp3) is 0.238. The highest BCUT2D eigenvalue weighted by atomic mass is 32.2. The van der Waals surface area contributed by atoms with Crippen molar-refractivity contribution in [2.75, 3.05) is 5.32 Å². The second-order valence-corrected chi connectivity index (χ2v) is 8.97. The summed E-state index contributed by atoms with van der Waals surface area (Å²) in [5, 5.41) is 10.5. The van der Waals surface area contributed by atoms with Crippen LogP contribution in [0.4, 0.5) is 5.69 Å². The number of hydrogen-bond donors (Lipinski definition) is 2. The lowest BCUT2D eigenvalue weighted by molar-refractivity contribution is -0.114. The van der Waals surface area contributed by atoms with Gasteiger partial charge in [-0.25, -0.2) is 0 Å². The summed E-state index contributed by atoms with van der Waals surface area (Å²) in [6.07, 6.45) is 0. The number of carbonyl (C=O) groups excluding carboxylic acids is 1. The van der Waals surface area contributed by atoms with Gasteiger partial charge in [0.1, 0.15) is 0 Å². The van der Waals surface area contributed by atoms with E-state index in [1.54, 1.807) is 30.3 Å². The lowest BCUT2D eigenvalue weighted by Gasteiger charge is -2.15. The van der Waals surface area contributed by atoms with Gasteiger partial charge in [-0.15, -0.1) is 0 Å². The number of aromatic nitrogens is 2. The summed E-state index contributed by atoms with van der Waals surface area (Å²) in [5.41, 5.74) is 5.15. The van der Waals surface area contributed by atoms with Gasteiger partial charge < -0.3 is 10.6 Å². The van der Waals surface area contributed by atoms with Crippen LogP contribution in [-0.4, -0.2) is 23.5 Å². The first-order valence-electron chi connectivity index (χ1n) is 9.30. The molecule has 4 rings (SSSR count). The molecule has 7 nitrogen and oxygen atoms in total. The molecule has 2 aromatic carbocycles. The smallest absolute Gasteiger partial charge is 0.283 e. The highest BCUT2D eigenvalue weighted by Crippen LogP contribution is 2.36. The van der Waals surface area contributed by atoms with Crippen LogP contribution in [0.3, 0.4) is 0 Å². The molecule has 2 N–H and O–H groups in total. The average Bonchev–Trinajstić information content (AvgIpc) is 3.25. The van der Waals surface area contributed by atoms with Crippen LogP contribution in [0.1, 0.15) is 29.3 Å². The zero-order valence-corrected chi connectivity index (χ0v) is 17.3. The van der Waals surface area contributed by atoms with Gasteiger partial charge in [-0.1, -0.05) is 24.3 Å². The lowest BCUT2D eigenvalue weighted by Crippen LogP contribution is -2.18. The van der Waals surface area contributed by atoms with Crippen molar-refractivity contribution in [3.8, 4) is 11.3 Å². The van der Waals surface area contributed by atoms with E-state index in [0.29, 0.717) is 24.5 Å². The summed E-state index contributed by atoms with van der Waals surface area (Å²) in [6, 6.07) is 12.3. The molecule has 1 amide bonds. The Hall–Kier alpha value is -2.97. The Morgan fingerprint density at radius 2 is 1.90 bits per heavy atom. The van der Waals surface area contributed by atoms with Crippen LogP contribution in [0.5, 0.6) is 0 Å². The summed E-state index contributed by atoms with van der Waals surface area (Å²) >= 11 is 0. The summed E-state index contributed by atoms with van der Waals surface area (Å²) in [5.74, 6) is -0.182. The normalized spacial score (nSPS) is 13.3. The molecule has 1 aliphatic rings. The van der Waals surface area contributed by atoms with Gasteiger partial charge in [0.15, 0.2) is 0 Å². The van der Waals surface area contributed by atoms with Crippen LogP contribution in [0.25, 0.3) is 11.3 Å². The molecular weight excluding hydrogens is 388 g/mol. The Bertz CT molecular complexity index is 1230. The van der Waals surface area contributed by atoms with Crippen LogP contribution in [0.15, 0.2) is 47.4 Å². The third-order valence-corrected chi connectivity index (χ3v) is 6.62. The maximum atomic E-state index is 13.5. The van der Waals surface area contributed by atoms with Gasteiger partial charge in [-0.05, 0) is 43.2 Å². The third kappa shape index (κ3) is 3.34. The zero-order valence-electron chi connectivity index (χ0n) is 16.5. The van der Waals surface area contributed by atoms with Gasteiger partial charge in [0.05, 0.1) is 16.3 Å². The SMILES string of the molecule is CC(=O)Nc1cccc(-c2c3c(nn2S(=O)(=O)c2cccc(C)c2)CNC3)c1C. The van der Waals surface area contributed by atoms with Crippen molar-refractivity contribution < 1.29 is 13.2 Å². The van der Waals surface area contributed by atoms with E-state index in [1.807, 2.05) is 26.0 Å². The first kappa shape index (κ1) is 19.4. The topological polar surface area (TPSA) is 93.1 Å². The maximum absolute atomic E-state index is 13.5. The van der Waals surface area contributed by atoms with E-state index in [0.717, 1.165) is 32.0 Å². The lowest BCUT2D eigenvalue weighted by atomic mass is 10.0. The Morgan fingerprint density at radius 1 is 1.14 bits per heavy atom. The molecule has 8 heteroatoms. The molecule has 150 valence electrons. The van der Waals surface area contributed by atoms with Gasteiger partial charge in [0.2, 0.25) is 5.91 Å². The minimum absolute atomic E-state index is 0.182. The number of fused-ring (bicyclic) bond motifs is 1. The highest BCUT2D eigenvalue weighted by Gasteiger charge is 2.31. The van der Waals surface area contributed by atoms with Gasteiger partial charge in [-0.3, -0.25) is 4.79 Å². The summed E-state index contributed by atoms with van der Waals surface area (Å²) < 4.78 is 28.1. The fourth-order valence-corrected chi connectivity index (χ4v) is 5.08. The van der Waals surface area contributed by atoms with E-state index in [2.05, 4.69) is 15.7 Å². The number of hydrogen-bond acceptors (Lipinski definition) is 5. The van der Waals surface area contributed by atoms with Crippen molar-refractivity contribution in [2.24, 2.45) is 0 Å². The van der Waals surface area contributed by atoms with Crippen molar-refractivity contribution in [2.45, 2.75) is 38.8 Å². The molecule has 0 unspecified atom stereocenters. The molecule has 29 heavy (non-hydrogen) atoms. The number of amides is 1. The van der Waals surface area contributed by atoms with Crippen molar-refractivity contribution in [1.82, 2.24) is 14.5 Å². The number of aryl methyl sites for hydroxylation is 1. The summed E-state index contributed by atoms with van der Waals surface area (Å²) in [6.45, 7) is 6.22. The van der Waals surface area contributed by atoms with Crippen molar-refractivity contribution in [3.63, 3.8) is 0 Å². The number of rotatable bonds is 4. The zero-order chi connectivity index (χ0) is 20.8. The second kappa shape index (κ2) is 7.13. The number of carbonyl (C=O) groups is 1. The molecule has 0 aliphatic carbocycles. The van der Waals surface area contributed by atoms with Crippen LogP contribution >= 0.6 is 0 Å². The average molecular weight is 410 g/mol. The molecule has 0 saturated carbocycles. The van der Waals surface area contributed by atoms with E-state index >= 15 is 0 Å². The van der Waals surface area contributed by atoms with Gasteiger partial charge in [-0.2, -0.15) is 17.6 Å². The minimum atomic E-state index is -3.88. The predicted octanol–water partition coefficient (Wildman–Crippen LogP) is 2.97. The van der Waals surface area contributed by atoms with Crippen LogP contribution in [-0.2, 0) is 27.9 Å². The molecule has 1 aliphatic heterocycles. The van der Waals surface area contributed by atoms with E-state index in [9.17, 15) is 13.2 Å². The van der Waals surface area contributed by atoms with Crippen LogP contribution < -0.4 is 10.6 Å². The molecule has 3 aromatic rings. The Morgan fingerprint density at radius 3 is 2.62 bits per heavy atom. The molecular formula is C21H22N4O3S. The second-order valence-electron chi connectivity index (χ2n) is 7.20. The number of nitrogens with one attached hydrogen (secondary N) is 2. The molecule has 0 saturated heterocycles. The van der Waals surface area contributed by atoms with Gasteiger partial charge in [0, 0.05) is 36.8 Å². The van der Waals surface area contributed by atoms with Crippen LogP contribution in [0, 0.1) is 13.8 Å². The van der Waals surface area contributed by atoms with Crippen molar-refractivity contribution >= 4 is 21.6 Å². The number of benzene rings is 2. The molecule has 2 heterocycles. The molecule has 0 spiro atoms. The summed E-state index contributed by atoms with van der Waals surface area (Å²) in [4.78, 5) is 11.8. The monoisotopic (exact) mass is 410 g/mol. The Labute approximate surface area is 169 Å².